The van der Waals surface area contributed by atoms with E-state index in [2.05, 4.69) is 46.9 Å². The highest BCUT2D eigenvalue weighted by Gasteiger charge is 2.20. The van der Waals surface area contributed by atoms with Crippen molar-refractivity contribution in [2.45, 2.75) is 54.4 Å². The van der Waals surface area contributed by atoms with Crippen molar-refractivity contribution >= 4 is 5.91 Å². The molecule has 0 saturated heterocycles. The number of nitrogens with one attached hydrogen (secondary N) is 1. The van der Waals surface area contributed by atoms with Crippen LogP contribution in [0.5, 0.6) is 0 Å². The van der Waals surface area contributed by atoms with Gasteiger partial charge in [0, 0.05) is 13.0 Å². The fraction of sp³-hybridized carbons (Fsp3) is 0.923. The van der Waals surface area contributed by atoms with Crippen molar-refractivity contribution in [3.8, 4) is 0 Å². The average Bonchev–Trinajstić information content (AvgIpc) is 1.97. The predicted octanol–water partition coefficient (Wildman–Crippen LogP) is 3.22. The molecule has 0 spiro atoms. The molecule has 0 aliphatic heterocycles. The highest BCUT2D eigenvalue weighted by Crippen LogP contribution is 2.24. The normalized spacial score (nSPS) is 12.3. The second-order valence-electron chi connectivity index (χ2n) is 6.14. The summed E-state index contributed by atoms with van der Waals surface area (Å²) in [6.45, 7) is 13.8. The first-order chi connectivity index (χ1) is 6.73. The van der Waals surface area contributed by atoms with E-state index in [9.17, 15) is 4.79 Å². The van der Waals surface area contributed by atoms with Gasteiger partial charge in [-0.3, -0.25) is 4.79 Å². The minimum Gasteiger partial charge on any atom is -0.356 e. The Bertz CT molecular complexity index is 195. The Hall–Kier alpha value is -0.530. The van der Waals surface area contributed by atoms with Crippen LogP contribution in [0.4, 0.5) is 0 Å². The van der Waals surface area contributed by atoms with Crippen LogP contribution in [0, 0.1) is 17.3 Å². The van der Waals surface area contributed by atoms with Crippen LogP contribution in [0.2, 0.25) is 0 Å². The highest BCUT2D eigenvalue weighted by molar-refractivity contribution is 5.76. The molecule has 0 aromatic rings. The van der Waals surface area contributed by atoms with Gasteiger partial charge in [-0.15, -0.1) is 0 Å². The fourth-order valence-corrected chi connectivity index (χ4v) is 1.96. The quantitative estimate of drug-likeness (QED) is 0.721. The van der Waals surface area contributed by atoms with Crippen LogP contribution in [-0.4, -0.2) is 12.5 Å². The van der Waals surface area contributed by atoms with E-state index in [1.807, 2.05) is 0 Å². The Morgan fingerprint density at radius 2 is 1.67 bits per heavy atom. The van der Waals surface area contributed by atoms with Crippen LogP contribution in [0.1, 0.15) is 54.4 Å². The largest absolute Gasteiger partial charge is 0.356 e. The van der Waals surface area contributed by atoms with E-state index in [0.29, 0.717) is 18.3 Å². The van der Waals surface area contributed by atoms with Crippen LogP contribution in [-0.2, 0) is 4.79 Å². The molecule has 0 saturated carbocycles. The summed E-state index contributed by atoms with van der Waals surface area (Å²) in [6.07, 6.45) is 1.78. The van der Waals surface area contributed by atoms with Gasteiger partial charge in [0.05, 0.1) is 0 Å². The minimum atomic E-state index is 0.182. The summed E-state index contributed by atoms with van der Waals surface area (Å²) >= 11 is 0. The van der Waals surface area contributed by atoms with Gasteiger partial charge in [-0.1, -0.05) is 41.5 Å². The lowest BCUT2D eigenvalue weighted by atomic mass is 9.84. The third kappa shape index (κ3) is 8.46. The zero-order valence-corrected chi connectivity index (χ0v) is 11.2. The van der Waals surface area contributed by atoms with Crippen LogP contribution < -0.4 is 5.32 Å². The minimum absolute atomic E-state index is 0.182. The summed E-state index contributed by atoms with van der Waals surface area (Å²) < 4.78 is 0. The number of amides is 1. The first-order valence-electron chi connectivity index (χ1n) is 5.99. The molecule has 0 rings (SSSR count). The van der Waals surface area contributed by atoms with Gasteiger partial charge in [0.2, 0.25) is 5.91 Å². The van der Waals surface area contributed by atoms with Crippen LogP contribution in [0.25, 0.3) is 0 Å². The number of carbonyl (C=O) groups is 1. The Kier molecular flexibility index (Phi) is 5.92. The summed E-state index contributed by atoms with van der Waals surface area (Å²) in [5, 5.41) is 3.02. The number of carbonyl (C=O) groups excluding carboxylic acids is 1. The number of rotatable bonds is 6. The van der Waals surface area contributed by atoms with Crippen molar-refractivity contribution in [1.29, 1.82) is 0 Å². The second kappa shape index (κ2) is 6.14. The lowest BCUT2D eigenvalue weighted by Crippen LogP contribution is -2.35. The molecule has 0 aromatic heterocycles. The third-order valence-corrected chi connectivity index (χ3v) is 2.32. The summed E-state index contributed by atoms with van der Waals surface area (Å²) in [5.41, 5.74) is 0.209. The molecule has 1 amide bonds. The van der Waals surface area contributed by atoms with Gasteiger partial charge in [-0.2, -0.15) is 0 Å². The topological polar surface area (TPSA) is 29.1 Å². The van der Waals surface area contributed by atoms with Gasteiger partial charge in [0.25, 0.3) is 0 Å². The summed E-state index contributed by atoms with van der Waals surface area (Å²) in [5.74, 6) is 1.31. The van der Waals surface area contributed by atoms with Crippen LogP contribution in [0.3, 0.4) is 0 Å². The van der Waals surface area contributed by atoms with Gasteiger partial charge in [-0.25, -0.2) is 0 Å². The zero-order valence-electron chi connectivity index (χ0n) is 11.2. The molecule has 1 N–H and O–H groups in total. The maximum Gasteiger partial charge on any atom is 0.220 e. The van der Waals surface area contributed by atoms with Gasteiger partial charge in [-0.05, 0) is 23.7 Å². The van der Waals surface area contributed by atoms with E-state index >= 15 is 0 Å². The Morgan fingerprint density at radius 1 is 1.13 bits per heavy atom. The Morgan fingerprint density at radius 3 is 2.07 bits per heavy atom. The van der Waals surface area contributed by atoms with E-state index in [1.54, 1.807) is 0 Å². The van der Waals surface area contributed by atoms with E-state index < -0.39 is 0 Å². The SMILES string of the molecule is CC(C)CC(=O)NCC(C)(C)CC(C)C. The molecule has 2 nitrogen and oxygen atoms in total. The molecule has 0 unspecified atom stereocenters. The van der Waals surface area contributed by atoms with Crippen LogP contribution >= 0.6 is 0 Å². The maximum absolute atomic E-state index is 11.5. The van der Waals surface area contributed by atoms with Crippen molar-refractivity contribution in [3.63, 3.8) is 0 Å². The molecule has 0 radical (unpaired) electrons. The van der Waals surface area contributed by atoms with Gasteiger partial charge >= 0.3 is 0 Å². The monoisotopic (exact) mass is 213 g/mol. The smallest absolute Gasteiger partial charge is 0.220 e. The van der Waals surface area contributed by atoms with E-state index in [4.69, 9.17) is 0 Å². The molecular formula is C13H27NO. The zero-order chi connectivity index (χ0) is 12.1. The molecule has 0 aromatic carbocycles. The Balaban J connectivity index is 3.87. The lowest BCUT2D eigenvalue weighted by molar-refractivity contribution is -0.122. The molecule has 0 fully saturated rings. The Labute approximate surface area is 94.8 Å². The molecular weight excluding hydrogens is 186 g/mol. The first-order valence-corrected chi connectivity index (χ1v) is 5.99. The van der Waals surface area contributed by atoms with Gasteiger partial charge in [0.15, 0.2) is 0 Å². The summed E-state index contributed by atoms with van der Waals surface area (Å²) in [7, 11) is 0. The van der Waals surface area contributed by atoms with Crippen molar-refractivity contribution in [2.24, 2.45) is 17.3 Å². The van der Waals surface area contributed by atoms with Crippen molar-refractivity contribution in [2.75, 3.05) is 6.54 Å². The molecule has 0 bridgehead atoms. The average molecular weight is 213 g/mol. The maximum atomic E-state index is 11.5. The fourth-order valence-electron chi connectivity index (χ4n) is 1.96. The van der Waals surface area contributed by atoms with Crippen molar-refractivity contribution in [3.05, 3.63) is 0 Å². The second-order valence-corrected chi connectivity index (χ2v) is 6.14. The third-order valence-electron chi connectivity index (χ3n) is 2.32. The molecule has 2 heteroatoms. The van der Waals surface area contributed by atoms with E-state index in [-0.39, 0.29) is 11.3 Å². The van der Waals surface area contributed by atoms with Crippen molar-refractivity contribution < 1.29 is 4.79 Å². The van der Waals surface area contributed by atoms with Crippen LogP contribution in [0.15, 0.2) is 0 Å². The van der Waals surface area contributed by atoms with Crippen molar-refractivity contribution in [1.82, 2.24) is 5.32 Å². The highest BCUT2D eigenvalue weighted by atomic mass is 16.1. The number of hydrogen-bond acceptors (Lipinski definition) is 1. The van der Waals surface area contributed by atoms with Gasteiger partial charge < -0.3 is 5.32 Å². The first kappa shape index (κ1) is 14.5. The molecule has 0 atom stereocenters. The molecule has 0 aliphatic carbocycles. The standard InChI is InChI=1S/C13H27NO/c1-10(2)7-12(15)14-9-13(5,6)8-11(3)4/h10-11H,7-9H2,1-6H3,(H,14,15). The van der Waals surface area contributed by atoms with Gasteiger partial charge in [0.1, 0.15) is 0 Å². The molecule has 15 heavy (non-hydrogen) atoms. The summed E-state index contributed by atoms with van der Waals surface area (Å²) in [4.78, 5) is 11.5. The summed E-state index contributed by atoms with van der Waals surface area (Å²) in [6, 6.07) is 0. The molecule has 90 valence electrons. The lowest BCUT2D eigenvalue weighted by Gasteiger charge is -2.27. The molecule has 0 heterocycles. The van der Waals surface area contributed by atoms with E-state index in [0.717, 1.165) is 13.0 Å². The predicted molar refractivity (Wildman–Crippen MR) is 65.7 cm³/mol. The molecule has 0 aliphatic rings. The number of hydrogen-bond donors (Lipinski definition) is 1. The van der Waals surface area contributed by atoms with E-state index in [1.165, 1.54) is 0 Å².